The standard InChI is InChI=1S/C12H17BO4/c1-12(2,3)8-5-6-9(11(14)17-4)10(7-8)13(15)16/h5-7,15-16H,1-4H3. The normalized spacial score (nSPS) is 11.2. The molecule has 0 aromatic heterocycles. The molecule has 0 fully saturated rings. The predicted octanol–water partition coefficient (Wildman–Crippen LogP) is 0.450. The maximum Gasteiger partial charge on any atom is 0.489 e. The molecule has 0 aliphatic heterocycles. The molecule has 0 aliphatic carbocycles. The van der Waals surface area contributed by atoms with Crippen LogP contribution in [-0.4, -0.2) is 30.2 Å². The third kappa shape index (κ3) is 3.08. The van der Waals surface area contributed by atoms with Gasteiger partial charge in [0.2, 0.25) is 0 Å². The van der Waals surface area contributed by atoms with E-state index in [-0.39, 0.29) is 16.4 Å². The van der Waals surface area contributed by atoms with E-state index in [4.69, 9.17) is 0 Å². The molecule has 4 nitrogen and oxygen atoms in total. The Morgan fingerprint density at radius 2 is 1.88 bits per heavy atom. The molecule has 0 saturated carbocycles. The Bertz CT molecular complexity index is 421. The molecule has 0 bridgehead atoms. The summed E-state index contributed by atoms with van der Waals surface area (Å²) in [5.74, 6) is -0.575. The lowest BCUT2D eigenvalue weighted by molar-refractivity contribution is 0.0601. The topological polar surface area (TPSA) is 66.8 Å². The molecular weight excluding hydrogens is 219 g/mol. The van der Waals surface area contributed by atoms with Crippen LogP contribution in [0.4, 0.5) is 0 Å². The average Bonchev–Trinajstić information content (AvgIpc) is 2.25. The molecule has 1 aromatic rings. The monoisotopic (exact) mass is 236 g/mol. The molecule has 0 radical (unpaired) electrons. The molecule has 0 amide bonds. The van der Waals surface area contributed by atoms with Gasteiger partial charge in [0, 0.05) is 0 Å². The maximum atomic E-state index is 11.5. The number of hydrogen-bond donors (Lipinski definition) is 2. The minimum Gasteiger partial charge on any atom is -0.465 e. The van der Waals surface area contributed by atoms with E-state index >= 15 is 0 Å². The van der Waals surface area contributed by atoms with E-state index in [1.807, 2.05) is 20.8 Å². The summed E-state index contributed by atoms with van der Waals surface area (Å²) in [5.41, 5.74) is 1.14. The van der Waals surface area contributed by atoms with Crippen LogP contribution < -0.4 is 5.46 Å². The maximum absolute atomic E-state index is 11.5. The Morgan fingerprint density at radius 1 is 1.29 bits per heavy atom. The van der Waals surface area contributed by atoms with Gasteiger partial charge >= 0.3 is 13.1 Å². The van der Waals surface area contributed by atoms with Gasteiger partial charge in [0.15, 0.2) is 0 Å². The van der Waals surface area contributed by atoms with Crippen molar-refractivity contribution < 1.29 is 19.6 Å². The minimum absolute atomic E-state index is 0.127. The van der Waals surface area contributed by atoms with Crippen molar-refractivity contribution in [3.63, 3.8) is 0 Å². The quantitative estimate of drug-likeness (QED) is 0.578. The van der Waals surface area contributed by atoms with Crippen LogP contribution in [0.15, 0.2) is 18.2 Å². The minimum atomic E-state index is -1.69. The third-order valence-electron chi connectivity index (χ3n) is 2.60. The summed E-state index contributed by atoms with van der Waals surface area (Å²) in [4.78, 5) is 11.5. The van der Waals surface area contributed by atoms with Gasteiger partial charge in [0.05, 0.1) is 12.7 Å². The number of carbonyl (C=O) groups excluding carboxylic acids is 1. The molecule has 0 atom stereocenters. The Morgan fingerprint density at radius 3 is 2.29 bits per heavy atom. The summed E-state index contributed by atoms with van der Waals surface area (Å²) in [6, 6.07) is 4.97. The SMILES string of the molecule is COC(=O)c1ccc(C(C)(C)C)cc1B(O)O. The smallest absolute Gasteiger partial charge is 0.465 e. The number of hydrogen-bond acceptors (Lipinski definition) is 4. The molecule has 0 aliphatic rings. The van der Waals surface area contributed by atoms with E-state index in [9.17, 15) is 14.8 Å². The Balaban J connectivity index is 3.32. The fraction of sp³-hybridized carbons (Fsp3) is 0.417. The van der Waals surface area contributed by atoms with E-state index in [0.29, 0.717) is 0 Å². The van der Waals surface area contributed by atoms with Gasteiger partial charge in [-0.1, -0.05) is 32.9 Å². The van der Waals surface area contributed by atoms with Crippen LogP contribution in [-0.2, 0) is 10.2 Å². The van der Waals surface area contributed by atoms with Crippen molar-refractivity contribution in [3.05, 3.63) is 29.3 Å². The zero-order valence-corrected chi connectivity index (χ0v) is 10.5. The Hall–Kier alpha value is -1.33. The predicted molar refractivity (Wildman–Crippen MR) is 66.3 cm³/mol. The van der Waals surface area contributed by atoms with Crippen LogP contribution in [0.3, 0.4) is 0 Å². The summed E-state index contributed by atoms with van der Waals surface area (Å²) in [6.45, 7) is 6.02. The highest BCUT2D eigenvalue weighted by molar-refractivity contribution is 6.60. The first-order chi connectivity index (χ1) is 7.77. The number of esters is 1. The number of carbonyl (C=O) groups is 1. The lowest BCUT2D eigenvalue weighted by Gasteiger charge is -2.20. The van der Waals surface area contributed by atoms with Crippen molar-refractivity contribution in [2.45, 2.75) is 26.2 Å². The second-order valence-electron chi connectivity index (χ2n) is 4.92. The van der Waals surface area contributed by atoms with E-state index in [1.54, 1.807) is 18.2 Å². The number of methoxy groups -OCH3 is 1. The summed E-state index contributed by atoms with van der Waals surface area (Å²) in [5, 5.41) is 18.6. The van der Waals surface area contributed by atoms with Crippen molar-refractivity contribution in [2.75, 3.05) is 7.11 Å². The number of benzene rings is 1. The molecule has 1 rings (SSSR count). The molecule has 0 spiro atoms. The Kier molecular flexibility index (Phi) is 3.96. The van der Waals surface area contributed by atoms with Gasteiger partial charge in [0.25, 0.3) is 0 Å². The van der Waals surface area contributed by atoms with Crippen molar-refractivity contribution in [1.29, 1.82) is 0 Å². The molecule has 0 unspecified atom stereocenters. The zero-order valence-electron chi connectivity index (χ0n) is 10.5. The highest BCUT2D eigenvalue weighted by atomic mass is 16.5. The first kappa shape index (κ1) is 13.7. The van der Waals surface area contributed by atoms with Crippen LogP contribution >= 0.6 is 0 Å². The summed E-state index contributed by atoms with van der Waals surface area (Å²) >= 11 is 0. The van der Waals surface area contributed by atoms with E-state index < -0.39 is 13.1 Å². The zero-order chi connectivity index (χ0) is 13.2. The fourth-order valence-electron chi connectivity index (χ4n) is 1.54. The van der Waals surface area contributed by atoms with Crippen molar-refractivity contribution in [2.24, 2.45) is 0 Å². The van der Waals surface area contributed by atoms with Crippen molar-refractivity contribution >= 4 is 18.6 Å². The first-order valence-corrected chi connectivity index (χ1v) is 5.36. The second kappa shape index (κ2) is 4.90. The van der Waals surface area contributed by atoms with Crippen LogP contribution in [0.25, 0.3) is 0 Å². The van der Waals surface area contributed by atoms with Gasteiger partial charge in [-0.2, -0.15) is 0 Å². The van der Waals surface area contributed by atoms with Crippen molar-refractivity contribution in [1.82, 2.24) is 0 Å². The summed E-state index contributed by atoms with van der Waals surface area (Å²) in [7, 11) is -0.431. The van der Waals surface area contributed by atoms with Gasteiger partial charge < -0.3 is 14.8 Å². The van der Waals surface area contributed by atoms with E-state index in [1.165, 1.54) is 7.11 Å². The van der Waals surface area contributed by atoms with E-state index in [0.717, 1.165) is 5.56 Å². The Labute approximate surface area is 101 Å². The largest absolute Gasteiger partial charge is 0.489 e. The lowest BCUT2D eigenvalue weighted by atomic mass is 9.73. The van der Waals surface area contributed by atoms with Crippen LogP contribution in [0.1, 0.15) is 36.7 Å². The molecule has 5 heteroatoms. The van der Waals surface area contributed by atoms with Gasteiger partial charge in [-0.15, -0.1) is 0 Å². The molecule has 0 saturated heterocycles. The highest BCUT2D eigenvalue weighted by Crippen LogP contribution is 2.21. The van der Waals surface area contributed by atoms with Crippen LogP contribution in [0, 0.1) is 0 Å². The summed E-state index contributed by atoms with van der Waals surface area (Å²) < 4.78 is 4.59. The molecule has 1 aromatic carbocycles. The fourth-order valence-corrected chi connectivity index (χ4v) is 1.54. The number of rotatable bonds is 2. The van der Waals surface area contributed by atoms with Gasteiger partial charge in [-0.3, -0.25) is 0 Å². The third-order valence-corrected chi connectivity index (χ3v) is 2.60. The average molecular weight is 236 g/mol. The van der Waals surface area contributed by atoms with Crippen LogP contribution in [0.2, 0.25) is 0 Å². The molecular formula is C12H17BO4. The second-order valence-corrected chi connectivity index (χ2v) is 4.92. The van der Waals surface area contributed by atoms with Crippen LogP contribution in [0.5, 0.6) is 0 Å². The van der Waals surface area contributed by atoms with Crippen molar-refractivity contribution in [3.8, 4) is 0 Å². The molecule has 92 valence electrons. The van der Waals surface area contributed by atoms with Gasteiger partial charge in [-0.25, -0.2) is 4.79 Å². The molecule has 17 heavy (non-hydrogen) atoms. The highest BCUT2D eigenvalue weighted by Gasteiger charge is 2.24. The van der Waals surface area contributed by atoms with Gasteiger partial charge in [0.1, 0.15) is 0 Å². The molecule has 0 heterocycles. The first-order valence-electron chi connectivity index (χ1n) is 5.36. The molecule has 2 N–H and O–H groups in total. The van der Waals surface area contributed by atoms with E-state index in [2.05, 4.69) is 4.74 Å². The summed E-state index contributed by atoms with van der Waals surface area (Å²) in [6.07, 6.45) is 0. The lowest BCUT2D eigenvalue weighted by Crippen LogP contribution is -2.36. The van der Waals surface area contributed by atoms with Gasteiger partial charge in [-0.05, 0) is 22.5 Å². The number of ether oxygens (including phenoxy) is 1.